The first-order chi connectivity index (χ1) is 21.5. The third-order valence-corrected chi connectivity index (χ3v) is 8.15. The summed E-state index contributed by atoms with van der Waals surface area (Å²) in [6.45, 7) is 4.81. The Morgan fingerprint density at radius 1 is 0.913 bits per heavy atom. The summed E-state index contributed by atoms with van der Waals surface area (Å²) in [6, 6.07) is 15.9. The van der Waals surface area contributed by atoms with Crippen LogP contribution in [0.1, 0.15) is 48.1 Å². The molecule has 1 aliphatic heterocycles. The number of aryl methyl sites for hydroxylation is 2. The topological polar surface area (TPSA) is 91.8 Å². The third kappa shape index (κ3) is 5.63. The van der Waals surface area contributed by atoms with Crippen molar-refractivity contribution in [2.75, 3.05) is 0 Å². The number of hydrogen-bond donors (Lipinski definition) is 2. The van der Waals surface area contributed by atoms with E-state index in [-0.39, 0.29) is 30.2 Å². The molecule has 5 rings (SSSR count). The van der Waals surface area contributed by atoms with Crippen LogP contribution in [0.25, 0.3) is 10.8 Å². The van der Waals surface area contributed by atoms with Crippen LogP contribution in [0.3, 0.4) is 0 Å². The van der Waals surface area contributed by atoms with Gasteiger partial charge in [-0.1, -0.05) is 55.8 Å². The van der Waals surface area contributed by atoms with Crippen molar-refractivity contribution in [2.45, 2.75) is 63.7 Å². The van der Waals surface area contributed by atoms with Crippen LogP contribution in [0.15, 0.2) is 72.9 Å². The monoisotopic (exact) mass is 645 g/mol. The second-order valence-corrected chi connectivity index (χ2v) is 11.3. The van der Waals surface area contributed by atoms with Crippen molar-refractivity contribution >= 4 is 22.7 Å². The first-order valence-corrected chi connectivity index (χ1v) is 14.3. The fraction of sp³-hybridized carbons (Fsp3) is 0.303. The molecule has 1 unspecified atom stereocenters. The minimum absolute atomic E-state index is 0.0175. The maximum Gasteiger partial charge on any atom is 0.430 e. The van der Waals surface area contributed by atoms with Crippen LogP contribution in [0.4, 0.5) is 31.1 Å². The molecule has 0 spiro atoms. The molecule has 1 atom stereocenters. The third-order valence-electron chi connectivity index (χ3n) is 8.15. The van der Waals surface area contributed by atoms with Crippen molar-refractivity contribution in [3.8, 4) is 11.6 Å². The number of aromatic nitrogens is 1. The second-order valence-electron chi connectivity index (χ2n) is 11.3. The Kier molecular flexibility index (Phi) is 8.26. The molecular weight excluding hydrogens is 616 g/mol. The fourth-order valence-corrected chi connectivity index (χ4v) is 5.45. The Bertz CT molecular complexity index is 1810. The summed E-state index contributed by atoms with van der Waals surface area (Å²) in [5.74, 6) is -0.635. The highest BCUT2D eigenvalue weighted by atomic mass is 19.4. The maximum absolute atomic E-state index is 13.7. The molecule has 3 amide bonds. The Morgan fingerprint density at radius 2 is 1.59 bits per heavy atom. The number of fused-ring (bicyclic) bond motifs is 1. The van der Waals surface area contributed by atoms with Crippen LogP contribution < -0.4 is 10.1 Å². The van der Waals surface area contributed by atoms with E-state index in [0.29, 0.717) is 35.2 Å². The minimum atomic E-state index is -6.03. The molecule has 0 saturated carbocycles. The molecule has 1 fully saturated rings. The highest BCUT2D eigenvalue weighted by Gasteiger charge is 2.71. The zero-order chi connectivity index (χ0) is 33.7. The van der Waals surface area contributed by atoms with Crippen molar-refractivity contribution in [3.63, 3.8) is 0 Å². The SMILES string of the molecule is CCCc1cc(C(O)(C(F)(F)F)C(F)(F)F)ccc1Oc1cc(CN2C(=O)NC(C)(c3ccc4ccccc4c3)C2=O)c(C)cn1. The van der Waals surface area contributed by atoms with Crippen LogP contribution in [0.5, 0.6) is 11.6 Å². The number of aliphatic hydroxyl groups is 1. The molecule has 2 N–H and O–H groups in total. The van der Waals surface area contributed by atoms with Crippen molar-refractivity contribution in [2.24, 2.45) is 0 Å². The standard InChI is InChI=1S/C33H29F6N3O4/c1-4-7-22-15-25(31(45,32(34,35)36)33(37,38)39)12-13-26(22)46-27-16-23(19(2)17-40-27)18-42-28(43)30(3,41-29(42)44)24-11-10-20-8-5-6-9-21(20)14-24/h5-6,8-17,45H,4,7,18H2,1-3H3,(H,41,44). The number of carbonyl (C=O) groups excluding carboxylic acids is 2. The lowest BCUT2D eigenvalue weighted by Gasteiger charge is -2.33. The van der Waals surface area contributed by atoms with E-state index in [1.807, 2.05) is 36.4 Å². The number of rotatable bonds is 8. The van der Waals surface area contributed by atoms with Crippen molar-refractivity contribution < 1.29 is 45.8 Å². The van der Waals surface area contributed by atoms with Gasteiger partial charge in [0.2, 0.25) is 5.88 Å². The largest absolute Gasteiger partial charge is 0.439 e. The molecule has 7 nitrogen and oxygen atoms in total. The van der Waals surface area contributed by atoms with Gasteiger partial charge in [-0.25, -0.2) is 9.78 Å². The molecule has 1 aliphatic rings. The van der Waals surface area contributed by atoms with E-state index >= 15 is 0 Å². The predicted octanol–water partition coefficient (Wildman–Crippen LogP) is 7.57. The summed E-state index contributed by atoms with van der Waals surface area (Å²) in [4.78, 5) is 31.9. The van der Waals surface area contributed by atoms with Gasteiger partial charge >= 0.3 is 18.4 Å². The molecule has 0 bridgehead atoms. The van der Waals surface area contributed by atoms with Crippen molar-refractivity contribution in [1.29, 1.82) is 0 Å². The van der Waals surface area contributed by atoms with Gasteiger partial charge in [-0.05, 0) is 71.5 Å². The van der Waals surface area contributed by atoms with E-state index < -0.39 is 41.0 Å². The molecule has 0 aliphatic carbocycles. The Morgan fingerprint density at radius 3 is 2.24 bits per heavy atom. The number of carbonyl (C=O) groups is 2. The number of amides is 3. The lowest BCUT2D eigenvalue weighted by Crippen LogP contribution is -2.53. The normalized spacial score (nSPS) is 17.5. The highest BCUT2D eigenvalue weighted by Crippen LogP contribution is 2.50. The summed E-state index contributed by atoms with van der Waals surface area (Å²) < 4.78 is 86.8. The van der Waals surface area contributed by atoms with Crippen molar-refractivity contribution in [3.05, 3.63) is 101 Å². The molecule has 1 saturated heterocycles. The Hall–Kier alpha value is -4.65. The van der Waals surface area contributed by atoms with E-state index in [0.717, 1.165) is 21.7 Å². The predicted molar refractivity (Wildman–Crippen MR) is 156 cm³/mol. The smallest absolute Gasteiger partial charge is 0.430 e. The maximum atomic E-state index is 13.7. The molecule has 13 heteroatoms. The number of imide groups is 1. The van der Waals surface area contributed by atoms with E-state index in [9.17, 15) is 41.0 Å². The zero-order valence-corrected chi connectivity index (χ0v) is 24.9. The molecule has 3 aromatic carbocycles. The number of nitrogens with one attached hydrogen (secondary N) is 1. The van der Waals surface area contributed by atoms with Crippen LogP contribution in [-0.2, 0) is 28.9 Å². The molecule has 1 aromatic heterocycles. The van der Waals surface area contributed by atoms with Gasteiger partial charge in [-0.3, -0.25) is 9.69 Å². The number of halogens is 6. The number of benzene rings is 3. The van der Waals surface area contributed by atoms with Gasteiger partial charge in [0.1, 0.15) is 11.3 Å². The van der Waals surface area contributed by atoms with Gasteiger partial charge in [0.25, 0.3) is 11.5 Å². The van der Waals surface area contributed by atoms with E-state index in [1.165, 1.54) is 12.3 Å². The van der Waals surface area contributed by atoms with Crippen LogP contribution >= 0.6 is 0 Å². The first kappa shape index (κ1) is 32.7. The molecular formula is C33H29F6N3O4. The van der Waals surface area contributed by atoms with E-state index in [4.69, 9.17) is 4.74 Å². The van der Waals surface area contributed by atoms with Crippen LogP contribution in [-0.4, -0.2) is 39.3 Å². The summed E-state index contributed by atoms with van der Waals surface area (Å²) in [5.41, 5.74) is -6.18. The second kappa shape index (κ2) is 11.6. The molecule has 4 aromatic rings. The van der Waals surface area contributed by atoms with Gasteiger partial charge in [-0.2, -0.15) is 26.3 Å². The summed E-state index contributed by atoms with van der Waals surface area (Å²) in [6.07, 6.45) is -10.3. The van der Waals surface area contributed by atoms with Gasteiger partial charge in [-0.15, -0.1) is 0 Å². The number of ether oxygens (including phenoxy) is 1. The average molecular weight is 646 g/mol. The van der Waals surface area contributed by atoms with Gasteiger partial charge in [0.05, 0.1) is 6.54 Å². The number of nitrogens with zero attached hydrogens (tertiary/aromatic N) is 2. The number of hydrogen-bond acceptors (Lipinski definition) is 5. The Balaban J connectivity index is 1.42. The van der Waals surface area contributed by atoms with Crippen molar-refractivity contribution in [1.82, 2.24) is 15.2 Å². The Labute approximate surface area is 259 Å². The zero-order valence-electron chi connectivity index (χ0n) is 24.9. The molecule has 2 heterocycles. The van der Waals surface area contributed by atoms with E-state index in [1.54, 1.807) is 26.8 Å². The van der Waals surface area contributed by atoms with E-state index in [2.05, 4.69) is 10.3 Å². The van der Waals surface area contributed by atoms with Gasteiger partial charge < -0.3 is 15.2 Å². The van der Waals surface area contributed by atoms with Gasteiger partial charge in [0.15, 0.2) is 0 Å². The highest BCUT2D eigenvalue weighted by molar-refractivity contribution is 6.07. The molecule has 242 valence electrons. The summed E-state index contributed by atoms with van der Waals surface area (Å²) >= 11 is 0. The molecule has 0 radical (unpaired) electrons. The summed E-state index contributed by atoms with van der Waals surface area (Å²) in [7, 11) is 0. The lowest BCUT2D eigenvalue weighted by atomic mass is 9.90. The van der Waals surface area contributed by atoms with Gasteiger partial charge in [0, 0.05) is 17.8 Å². The average Bonchev–Trinajstić information content (AvgIpc) is 3.21. The van der Waals surface area contributed by atoms with Crippen LogP contribution in [0, 0.1) is 6.92 Å². The van der Waals surface area contributed by atoms with Crippen LogP contribution in [0.2, 0.25) is 0 Å². The number of pyridine rings is 1. The minimum Gasteiger partial charge on any atom is -0.439 e. The fourth-order valence-electron chi connectivity index (χ4n) is 5.45. The summed E-state index contributed by atoms with van der Waals surface area (Å²) in [5, 5.41) is 14.5. The lowest BCUT2D eigenvalue weighted by molar-refractivity contribution is -0.376. The first-order valence-electron chi connectivity index (χ1n) is 14.3. The number of alkyl halides is 6. The number of urea groups is 1. The quantitative estimate of drug-likeness (QED) is 0.152. The molecule has 46 heavy (non-hydrogen) atoms.